The standard InChI is InChI=1S/C10H20N2O.C2F6NO4S2/c1-5-10(13)11-8-7-9-12(3,4)6-2;3-1(4,5)14(10,11)9-15(12,13)2(6,7)8/h5H,1,6-9H2,2-4H3;/q;-1/p+1. The topological polar surface area (TPSA) is 111 Å². The first kappa shape index (κ1) is 28.8. The van der Waals surface area contributed by atoms with Crippen LogP contribution in [-0.2, 0) is 24.8 Å². The first-order valence-corrected chi connectivity index (χ1v) is 10.2. The molecular formula is C12H21F6N3O5S2. The number of carbonyl (C=O) groups excluding carboxylic acids is 1. The van der Waals surface area contributed by atoms with Crippen molar-refractivity contribution in [1.29, 1.82) is 0 Å². The molecule has 0 aliphatic carbocycles. The summed E-state index contributed by atoms with van der Waals surface area (Å²) < 4.78 is 110. The van der Waals surface area contributed by atoms with E-state index in [-0.39, 0.29) is 5.91 Å². The van der Waals surface area contributed by atoms with Gasteiger partial charge in [0.25, 0.3) is 0 Å². The highest BCUT2D eigenvalue weighted by Crippen LogP contribution is 2.36. The molecule has 0 fully saturated rings. The lowest BCUT2D eigenvalue weighted by Crippen LogP contribution is -2.41. The molecule has 0 aromatic carbocycles. The molecule has 0 saturated carbocycles. The molecule has 1 amide bonds. The van der Waals surface area contributed by atoms with E-state index in [1.165, 1.54) is 6.08 Å². The molecule has 0 aliphatic heterocycles. The van der Waals surface area contributed by atoms with Crippen LogP contribution in [-0.4, -0.2) is 72.0 Å². The number of nitrogens with zero attached hydrogens (tertiary/aromatic N) is 2. The summed E-state index contributed by atoms with van der Waals surface area (Å²) in [6.45, 7) is 8.51. The van der Waals surface area contributed by atoms with Gasteiger partial charge in [-0.1, -0.05) is 6.58 Å². The smallest absolute Gasteiger partial charge is 0.421 e. The van der Waals surface area contributed by atoms with Crippen molar-refractivity contribution in [1.82, 2.24) is 5.32 Å². The zero-order chi connectivity index (χ0) is 23.0. The second kappa shape index (κ2) is 10.4. The van der Waals surface area contributed by atoms with E-state index in [4.69, 9.17) is 0 Å². The molecule has 0 aromatic heterocycles. The van der Waals surface area contributed by atoms with Crippen molar-refractivity contribution in [3.63, 3.8) is 0 Å². The maximum absolute atomic E-state index is 11.4. The first-order chi connectivity index (χ1) is 12.2. The second-order valence-corrected chi connectivity index (χ2v) is 9.16. The lowest BCUT2D eigenvalue weighted by Gasteiger charge is -2.28. The van der Waals surface area contributed by atoms with Crippen LogP contribution in [0.25, 0.3) is 4.13 Å². The number of hydrogen-bond acceptors (Lipinski definition) is 5. The van der Waals surface area contributed by atoms with Gasteiger partial charge in [-0.15, -0.1) is 0 Å². The lowest BCUT2D eigenvalue weighted by atomic mass is 10.3. The Bertz CT molecular complexity index is 688. The Hall–Kier alpha value is -1.39. The largest absolute Gasteiger partial charge is 0.480 e. The number of amides is 1. The molecule has 0 radical (unpaired) electrons. The average molecular weight is 465 g/mol. The van der Waals surface area contributed by atoms with E-state index in [9.17, 15) is 48.0 Å². The quantitative estimate of drug-likeness (QED) is 0.255. The van der Waals surface area contributed by atoms with Crippen LogP contribution < -0.4 is 5.32 Å². The third-order valence-corrected chi connectivity index (χ3v) is 5.80. The van der Waals surface area contributed by atoms with Gasteiger partial charge in [-0.3, -0.25) is 4.79 Å². The van der Waals surface area contributed by atoms with Gasteiger partial charge in [-0.2, -0.15) is 26.3 Å². The molecule has 0 atom stereocenters. The molecule has 0 bridgehead atoms. The van der Waals surface area contributed by atoms with Gasteiger partial charge >= 0.3 is 11.0 Å². The molecule has 8 nitrogen and oxygen atoms in total. The highest BCUT2D eigenvalue weighted by atomic mass is 32.3. The van der Waals surface area contributed by atoms with Crippen LogP contribution in [0.15, 0.2) is 12.7 Å². The number of rotatable bonds is 8. The molecule has 28 heavy (non-hydrogen) atoms. The zero-order valence-corrected chi connectivity index (χ0v) is 16.8. The number of carbonyl (C=O) groups is 1. The van der Waals surface area contributed by atoms with Gasteiger partial charge in [-0.05, 0) is 13.0 Å². The van der Waals surface area contributed by atoms with Crippen molar-refractivity contribution in [2.24, 2.45) is 0 Å². The molecule has 0 aliphatic rings. The third-order valence-electron chi connectivity index (χ3n) is 3.06. The van der Waals surface area contributed by atoms with Crippen LogP contribution in [0.1, 0.15) is 13.3 Å². The van der Waals surface area contributed by atoms with E-state index in [0.717, 1.165) is 34.7 Å². The normalized spacial score (nSPS) is 13.3. The fourth-order valence-electron chi connectivity index (χ4n) is 1.16. The van der Waals surface area contributed by atoms with Crippen molar-refractivity contribution in [2.45, 2.75) is 24.4 Å². The average Bonchev–Trinajstić information content (AvgIpc) is 2.48. The monoisotopic (exact) mass is 465 g/mol. The van der Waals surface area contributed by atoms with Crippen LogP contribution in [0.4, 0.5) is 26.3 Å². The first-order valence-electron chi connectivity index (χ1n) is 7.31. The van der Waals surface area contributed by atoms with Gasteiger partial charge in [-0.25, -0.2) is 16.8 Å². The van der Waals surface area contributed by atoms with Crippen LogP contribution in [0.2, 0.25) is 0 Å². The van der Waals surface area contributed by atoms with E-state index >= 15 is 0 Å². The number of quaternary nitrogens is 1. The molecule has 0 saturated heterocycles. The summed E-state index contributed by atoms with van der Waals surface area (Å²) in [5, 5.41) is 2.76. The fraction of sp³-hybridized carbons (Fsp3) is 0.750. The van der Waals surface area contributed by atoms with Gasteiger partial charge in [0.05, 0.1) is 27.2 Å². The highest BCUT2D eigenvalue weighted by molar-refractivity contribution is 8.13. The van der Waals surface area contributed by atoms with Crippen molar-refractivity contribution >= 4 is 26.0 Å². The minimum atomic E-state index is -6.72. The van der Waals surface area contributed by atoms with Crippen molar-refractivity contribution in [3.05, 3.63) is 16.8 Å². The molecule has 0 heterocycles. The lowest BCUT2D eigenvalue weighted by molar-refractivity contribution is -0.888. The number of alkyl halides is 6. The number of halogens is 6. The molecular weight excluding hydrogens is 444 g/mol. The van der Waals surface area contributed by atoms with Crippen molar-refractivity contribution < 1.29 is 52.5 Å². The number of sulfonamides is 2. The van der Waals surface area contributed by atoms with Crippen LogP contribution in [0.3, 0.4) is 0 Å². The molecule has 16 heteroatoms. The van der Waals surface area contributed by atoms with Gasteiger partial charge in [0.1, 0.15) is 0 Å². The predicted molar refractivity (Wildman–Crippen MR) is 88.6 cm³/mol. The Balaban J connectivity index is 0. The molecule has 168 valence electrons. The minimum absolute atomic E-state index is 0.0817. The van der Waals surface area contributed by atoms with Gasteiger partial charge in [0.15, 0.2) is 20.0 Å². The van der Waals surface area contributed by atoms with Gasteiger partial charge < -0.3 is 13.9 Å². The van der Waals surface area contributed by atoms with E-state index in [2.05, 4.69) is 32.9 Å². The number of nitrogens with one attached hydrogen (secondary N) is 1. The van der Waals surface area contributed by atoms with E-state index < -0.39 is 31.1 Å². The van der Waals surface area contributed by atoms with Crippen LogP contribution in [0, 0.1) is 0 Å². The number of hydrogen-bond donors (Lipinski definition) is 1. The Morgan fingerprint density at radius 3 is 1.71 bits per heavy atom. The predicted octanol–water partition coefficient (Wildman–Crippen LogP) is 1.83. The summed E-state index contributed by atoms with van der Waals surface area (Å²) in [6, 6.07) is 0. The van der Waals surface area contributed by atoms with Crippen LogP contribution >= 0.6 is 0 Å². The van der Waals surface area contributed by atoms with Gasteiger partial charge in [0.2, 0.25) is 5.91 Å². The van der Waals surface area contributed by atoms with Gasteiger partial charge in [0, 0.05) is 13.0 Å². The van der Waals surface area contributed by atoms with Crippen LogP contribution in [0.5, 0.6) is 0 Å². The minimum Gasteiger partial charge on any atom is -0.421 e. The van der Waals surface area contributed by atoms with E-state index in [0.29, 0.717) is 0 Å². The summed E-state index contributed by atoms with van der Waals surface area (Å²) in [5.41, 5.74) is -12.4. The maximum Gasteiger partial charge on any atom is 0.480 e. The molecule has 0 spiro atoms. The van der Waals surface area contributed by atoms with E-state index in [1.807, 2.05) is 0 Å². The second-order valence-electron chi connectivity index (χ2n) is 5.74. The maximum atomic E-state index is 11.4. The van der Waals surface area contributed by atoms with Crippen molar-refractivity contribution in [2.75, 3.05) is 33.7 Å². The summed E-state index contributed by atoms with van der Waals surface area (Å²) in [6.07, 6.45) is 2.32. The molecule has 1 N–H and O–H groups in total. The Labute approximate surface area is 159 Å². The Kier molecular flexibility index (Phi) is 10.7. The summed E-state index contributed by atoms with van der Waals surface area (Å²) in [7, 11) is -9.06. The summed E-state index contributed by atoms with van der Waals surface area (Å²) in [4.78, 5) is 10.8. The van der Waals surface area contributed by atoms with E-state index in [1.54, 1.807) is 0 Å². The Morgan fingerprint density at radius 1 is 1.04 bits per heavy atom. The van der Waals surface area contributed by atoms with Crippen molar-refractivity contribution in [3.8, 4) is 0 Å². The molecule has 0 unspecified atom stereocenters. The Morgan fingerprint density at radius 2 is 1.43 bits per heavy atom. The molecule has 0 aromatic rings. The summed E-state index contributed by atoms with van der Waals surface area (Å²) >= 11 is 0. The third kappa shape index (κ3) is 10.8. The molecule has 0 rings (SSSR count). The fourth-order valence-corrected chi connectivity index (χ4v) is 2.87. The highest BCUT2D eigenvalue weighted by Gasteiger charge is 2.46. The SMILES string of the molecule is C=CC(=O)NCCC[N+](C)(C)CC.O=S(=O)([N-]S(=O)(=O)C(F)(F)F)C(F)(F)F. The zero-order valence-electron chi connectivity index (χ0n) is 15.1. The summed E-state index contributed by atoms with van der Waals surface area (Å²) in [5.74, 6) is -0.0817.